The second-order valence-corrected chi connectivity index (χ2v) is 4.52. The number of rotatable bonds is 3. The molecule has 3 nitrogen and oxygen atoms in total. The SMILES string of the molecule is N#CC(C(=O)c1ccccc1Br)c1ccccn1. The molecule has 1 aromatic heterocycles. The molecule has 18 heavy (non-hydrogen) atoms. The first kappa shape index (κ1) is 12.5. The molecule has 4 heteroatoms. The summed E-state index contributed by atoms with van der Waals surface area (Å²) >= 11 is 3.32. The molecule has 1 heterocycles. The molecule has 0 aliphatic rings. The van der Waals surface area contributed by atoms with Crippen LogP contribution in [-0.4, -0.2) is 10.8 Å². The van der Waals surface area contributed by atoms with Crippen LogP contribution >= 0.6 is 15.9 Å². The maximum atomic E-state index is 12.3. The van der Waals surface area contributed by atoms with Crippen molar-refractivity contribution in [2.75, 3.05) is 0 Å². The van der Waals surface area contributed by atoms with E-state index in [0.29, 0.717) is 15.7 Å². The minimum atomic E-state index is -0.870. The molecule has 2 aromatic rings. The molecule has 1 aromatic carbocycles. The van der Waals surface area contributed by atoms with Gasteiger partial charge in [0.2, 0.25) is 0 Å². The van der Waals surface area contributed by atoms with Gasteiger partial charge in [-0.15, -0.1) is 0 Å². The van der Waals surface area contributed by atoms with Crippen molar-refractivity contribution < 1.29 is 4.79 Å². The molecule has 0 bridgehead atoms. The zero-order valence-corrected chi connectivity index (χ0v) is 11.0. The van der Waals surface area contributed by atoms with E-state index >= 15 is 0 Å². The number of ketones is 1. The second-order valence-electron chi connectivity index (χ2n) is 3.66. The number of aromatic nitrogens is 1. The summed E-state index contributed by atoms with van der Waals surface area (Å²) in [6.07, 6.45) is 1.58. The molecule has 0 radical (unpaired) electrons. The fraction of sp³-hybridized carbons (Fsp3) is 0.0714. The van der Waals surface area contributed by atoms with Crippen LogP contribution in [0.4, 0.5) is 0 Å². The molecular formula is C14H9BrN2O. The highest BCUT2D eigenvalue weighted by Crippen LogP contribution is 2.23. The third-order valence-corrected chi connectivity index (χ3v) is 3.21. The average Bonchev–Trinajstić information content (AvgIpc) is 2.41. The summed E-state index contributed by atoms with van der Waals surface area (Å²) in [6, 6.07) is 14.3. The van der Waals surface area contributed by atoms with E-state index in [-0.39, 0.29) is 5.78 Å². The lowest BCUT2D eigenvalue weighted by Crippen LogP contribution is -2.13. The number of carbonyl (C=O) groups excluding carboxylic acids is 1. The summed E-state index contributed by atoms with van der Waals surface area (Å²) in [5.74, 6) is -1.12. The van der Waals surface area contributed by atoms with E-state index in [1.807, 2.05) is 12.1 Å². The van der Waals surface area contributed by atoms with Gasteiger partial charge in [-0.05, 0) is 18.2 Å². The van der Waals surface area contributed by atoms with Gasteiger partial charge in [-0.2, -0.15) is 5.26 Å². The van der Waals surface area contributed by atoms with Gasteiger partial charge in [0, 0.05) is 16.2 Å². The fourth-order valence-electron chi connectivity index (χ4n) is 1.62. The van der Waals surface area contributed by atoms with Gasteiger partial charge < -0.3 is 0 Å². The van der Waals surface area contributed by atoms with E-state index in [2.05, 4.69) is 20.9 Å². The number of benzene rings is 1. The first-order valence-electron chi connectivity index (χ1n) is 5.33. The Bertz CT molecular complexity index is 605. The Labute approximate surface area is 113 Å². The molecule has 1 atom stereocenters. The van der Waals surface area contributed by atoms with Gasteiger partial charge in [-0.25, -0.2) is 0 Å². The number of Topliss-reactive ketones (excluding diaryl/α,β-unsaturated/α-hetero) is 1. The Morgan fingerprint density at radius 2 is 1.94 bits per heavy atom. The summed E-state index contributed by atoms with van der Waals surface area (Å²) < 4.78 is 0.686. The average molecular weight is 301 g/mol. The summed E-state index contributed by atoms with van der Waals surface area (Å²) in [5, 5.41) is 9.18. The molecule has 0 amide bonds. The van der Waals surface area contributed by atoms with Crippen molar-refractivity contribution in [2.45, 2.75) is 5.92 Å². The maximum Gasteiger partial charge on any atom is 0.187 e. The summed E-state index contributed by atoms with van der Waals surface area (Å²) in [7, 11) is 0. The Morgan fingerprint density at radius 3 is 2.56 bits per heavy atom. The van der Waals surface area contributed by atoms with Crippen molar-refractivity contribution in [3.8, 4) is 6.07 Å². The van der Waals surface area contributed by atoms with E-state index in [0.717, 1.165) is 0 Å². The van der Waals surface area contributed by atoms with Crippen LogP contribution in [0.3, 0.4) is 0 Å². The number of nitrogens with zero attached hydrogens (tertiary/aromatic N) is 2. The predicted molar refractivity (Wildman–Crippen MR) is 71.1 cm³/mol. The van der Waals surface area contributed by atoms with Crippen LogP contribution in [-0.2, 0) is 0 Å². The number of carbonyl (C=O) groups is 1. The summed E-state index contributed by atoms with van der Waals surface area (Å²) in [4.78, 5) is 16.4. The number of halogens is 1. The number of hydrogen-bond acceptors (Lipinski definition) is 3. The highest BCUT2D eigenvalue weighted by atomic mass is 79.9. The molecule has 0 fully saturated rings. The standard InChI is InChI=1S/C14H9BrN2O/c15-12-6-2-1-5-10(12)14(18)11(9-16)13-7-3-4-8-17-13/h1-8,11H. The normalized spacial score (nSPS) is 11.6. The monoisotopic (exact) mass is 300 g/mol. The van der Waals surface area contributed by atoms with Crippen molar-refractivity contribution in [1.29, 1.82) is 5.26 Å². The first-order valence-corrected chi connectivity index (χ1v) is 6.12. The van der Waals surface area contributed by atoms with Gasteiger partial charge in [-0.3, -0.25) is 9.78 Å². The highest BCUT2D eigenvalue weighted by Gasteiger charge is 2.24. The third-order valence-electron chi connectivity index (χ3n) is 2.51. The lowest BCUT2D eigenvalue weighted by atomic mass is 9.95. The van der Waals surface area contributed by atoms with Gasteiger partial charge in [0.15, 0.2) is 11.7 Å². The van der Waals surface area contributed by atoms with Crippen LogP contribution in [0.15, 0.2) is 53.1 Å². The van der Waals surface area contributed by atoms with E-state index in [1.165, 1.54) is 0 Å². The molecule has 0 aliphatic heterocycles. The quantitative estimate of drug-likeness (QED) is 0.817. The van der Waals surface area contributed by atoms with Gasteiger partial charge in [0.1, 0.15) is 0 Å². The van der Waals surface area contributed by atoms with E-state index in [4.69, 9.17) is 0 Å². The summed E-state index contributed by atoms with van der Waals surface area (Å²) in [5.41, 5.74) is 0.968. The summed E-state index contributed by atoms with van der Waals surface area (Å²) in [6.45, 7) is 0. The van der Waals surface area contributed by atoms with Gasteiger partial charge >= 0.3 is 0 Å². The molecular weight excluding hydrogens is 292 g/mol. The highest BCUT2D eigenvalue weighted by molar-refractivity contribution is 9.10. The van der Waals surface area contributed by atoms with E-state index in [1.54, 1.807) is 42.6 Å². The van der Waals surface area contributed by atoms with Gasteiger partial charge in [0.05, 0.1) is 11.8 Å². The van der Waals surface area contributed by atoms with Crippen LogP contribution in [0.1, 0.15) is 22.0 Å². The maximum absolute atomic E-state index is 12.3. The van der Waals surface area contributed by atoms with Gasteiger partial charge in [-0.1, -0.05) is 40.2 Å². The molecule has 0 saturated carbocycles. The Hall–Kier alpha value is -1.99. The lowest BCUT2D eigenvalue weighted by Gasteiger charge is -2.08. The van der Waals surface area contributed by atoms with Crippen molar-refractivity contribution in [3.63, 3.8) is 0 Å². The van der Waals surface area contributed by atoms with Crippen LogP contribution in [0.5, 0.6) is 0 Å². The zero-order valence-electron chi connectivity index (χ0n) is 9.38. The molecule has 0 aliphatic carbocycles. The van der Waals surface area contributed by atoms with Crippen molar-refractivity contribution in [2.24, 2.45) is 0 Å². The second kappa shape index (κ2) is 5.56. The molecule has 0 saturated heterocycles. The van der Waals surface area contributed by atoms with Crippen molar-refractivity contribution in [3.05, 3.63) is 64.4 Å². The van der Waals surface area contributed by atoms with Crippen molar-refractivity contribution >= 4 is 21.7 Å². The third kappa shape index (κ3) is 2.47. The molecule has 0 spiro atoms. The number of hydrogen-bond donors (Lipinski definition) is 0. The molecule has 0 N–H and O–H groups in total. The van der Waals surface area contributed by atoms with E-state index in [9.17, 15) is 10.1 Å². The van der Waals surface area contributed by atoms with Crippen LogP contribution in [0.2, 0.25) is 0 Å². The first-order chi connectivity index (χ1) is 8.74. The fourth-order valence-corrected chi connectivity index (χ4v) is 2.10. The molecule has 1 unspecified atom stereocenters. The smallest absolute Gasteiger partial charge is 0.187 e. The zero-order chi connectivity index (χ0) is 13.0. The number of nitriles is 1. The van der Waals surface area contributed by atoms with Crippen LogP contribution in [0.25, 0.3) is 0 Å². The minimum Gasteiger partial charge on any atom is -0.292 e. The lowest BCUT2D eigenvalue weighted by molar-refractivity contribution is 0.0977. The Balaban J connectivity index is 2.39. The van der Waals surface area contributed by atoms with E-state index < -0.39 is 5.92 Å². The number of pyridine rings is 1. The van der Waals surface area contributed by atoms with Crippen LogP contribution < -0.4 is 0 Å². The Kier molecular flexibility index (Phi) is 3.85. The molecule has 2 rings (SSSR count). The predicted octanol–water partition coefficient (Wildman–Crippen LogP) is 3.33. The van der Waals surface area contributed by atoms with Crippen molar-refractivity contribution in [1.82, 2.24) is 4.98 Å². The largest absolute Gasteiger partial charge is 0.292 e. The minimum absolute atomic E-state index is 0.247. The topological polar surface area (TPSA) is 53.8 Å². The molecule has 88 valence electrons. The Morgan fingerprint density at radius 1 is 1.22 bits per heavy atom. The van der Waals surface area contributed by atoms with Crippen LogP contribution in [0, 0.1) is 11.3 Å². The van der Waals surface area contributed by atoms with Gasteiger partial charge in [0.25, 0.3) is 0 Å².